The fourth-order valence-electron chi connectivity index (χ4n) is 3.16. The molecule has 3 rings (SSSR count). The van der Waals surface area contributed by atoms with E-state index in [1.54, 1.807) is 12.3 Å². The highest BCUT2D eigenvalue weighted by molar-refractivity contribution is 5.99. The molecule has 0 aliphatic carbocycles. The van der Waals surface area contributed by atoms with Gasteiger partial charge in [0.25, 0.3) is 11.8 Å². The number of aryl methyl sites for hydroxylation is 1. The fourth-order valence-corrected chi connectivity index (χ4v) is 3.16. The predicted octanol–water partition coefficient (Wildman–Crippen LogP) is 3.19. The summed E-state index contributed by atoms with van der Waals surface area (Å²) in [6.07, 6.45) is 5.09. The number of aromatic nitrogens is 1. The molecule has 0 atom stereocenters. The maximum absolute atomic E-state index is 12.7. The summed E-state index contributed by atoms with van der Waals surface area (Å²) in [6.45, 7) is 6.21. The average molecular weight is 351 g/mol. The van der Waals surface area contributed by atoms with E-state index in [2.05, 4.69) is 17.2 Å². The lowest BCUT2D eigenvalue weighted by Gasteiger charge is -2.30. The van der Waals surface area contributed by atoms with Crippen LogP contribution >= 0.6 is 0 Å². The Morgan fingerprint density at radius 2 is 1.85 bits per heavy atom. The zero-order chi connectivity index (χ0) is 18.5. The van der Waals surface area contributed by atoms with Crippen molar-refractivity contribution in [3.63, 3.8) is 0 Å². The van der Waals surface area contributed by atoms with E-state index < -0.39 is 0 Å². The van der Waals surface area contributed by atoms with Gasteiger partial charge in [-0.15, -0.1) is 0 Å². The lowest BCUT2D eigenvalue weighted by atomic mass is 9.98. The summed E-state index contributed by atoms with van der Waals surface area (Å²) >= 11 is 0. The van der Waals surface area contributed by atoms with Crippen LogP contribution in [0.5, 0.6) is 0 Å². The minimum Gasteiger partial charge on any atom is -0.348 e. The molecular weight excluding hydrogens is 326 g/mol. The predicted molar refractivity (Wildman–Crippen MR) is 101 cm³/mol. The number of pyridine rings is 1. The van der Waals surface area contributed by atoms with Gasteiger partial charge in [0, 0.05) is 32.0 Å². The maximum atomic E-state index is 12.7. The SMILES string of the molecule is Cc1ccccc1CNC(=O)c1cncc(C(=O)N2CCC(C)CC2)c1. The van der Waals surface area contributed by atoms with Crippen molar-refractivity contribution in [2.24, 2.45) is 5.92 Å². The summed E-state index contributed by atoms with van der Waals surface area (Å²) in [5, 5.41) is 2.90. The van der Waals surface area contributed by atoms with E-state index >= 15 is 0 Å². The number of benzene rings is 1. The third-order valence-corrected chi connectivity index (χ3v) is 5.02. The number of rotatable bonds is 4. The second-order valence-electron chi connectivity index (χ2n) is 7.05. The van der Waals surface area contributed by atoms with Crippen LogP contribution in [0.1, 0.15) is 51.6 Å². The molecule has 1 aliphatic rings. The van der Waals surface area contributed by atoms with E-state index in [1.165, 1.54) is 6.20 Å². The largest absolute Gasteiger partial charge is 0.348 e. The van der Waals surface area contributed by atoms with Crippen LogP contribution in [0.25, 0.3) is 0 Å². The first kappa shape index (κ1) is 18.1. The van der Waals surface area contributed by atoms with Crippen LogP contribution in [0, 0.1) is 12.8 Å². The first-order chi connectivity index (χ1) is 12.5. The van der Waals surface area contributed by atoms with Crippen molar-refractivity contribution in [3.8, 4) is 0 Å². The van der Waals surface area contributed by atoms with Crippen molar-refractivity contribution in [2.75, 3.05) is 13.1 Å². The van der Waals surface area contributed by atoms with Crippen LogP contribution in [-0.2, 0) is 6.54 Å². The number of likely N-dealkylation sites (tertiary alicyclic amines) is 1. The van der Waals surface area contributed by atoms with Gasteiger partial charge in [-0.1, -0.05) is 31.2 Å². The minimum atomic E-state index is -0.220. The lowest BCUT2D eigenvalue weighted by Crippen LogP contribution is -2.38. The second kappa shape index (κ2) is 8.13. The third kappa shape index (κ3) is 4.28. The standard InChI is InChI=1S/C21H25N3O2/c1-15-7-9-24(10-8-15)21(26)19-11-18(12-22-13-19)20(25)23-14-17-6-4-3-5-16(17)2/h3-6,11-13,15H,7-10,14H2,1-2H3,(H,23,25). The van der Waals surface area contributed by atoms with Gasteiger partial charge in [-0.3, -0.25) is 14.6 Å². The molecule has 1 aliphatic heterocycles. The van der Waals surface area contributed by atoms with Crippen LogP contribution in [-0.4, -0.2) is 34.8 Å². The molecule has 1 fully saturated rings. The molecule has 0 unspecified atom stereocenters. The molecule has 2 amide bonds. The maximum Gasteiger partial charge on any atom is 0.255 e. The van der Waals surface area contributed by atoms with E-state index in [4.69, 9.17) is 0 Å². The van der Waals surface area contributed by atoms with Gasteiger partial charge in [0.05, 0.1) is 11.1 Å². The first-order valence-corrected chi connectivity index (χ1v) is 9.11. The van der Waals surface area contributed by atoms with Crippen LogP contribution in [0.3, 0.4) is 0 Å². The van der Waals surface area contributed by atoms with E-state index in [-0.39, 0.29) is 11.8 Å². The third-order valence-electron chi connectivity index (χ3n) is 5.02. The van der Waals surface area contributed by atoms with Gasteiger partial charge in [-0.05, 0) is 42.9 Å². The molecule has 0 saturated carbocycles. The topological polar surface area (TPSA) is 62.3 Å². The molecule has 2 heterocycles. The van der Waals surface area contributed by atoms with Crippen LogP contribution in [0.4, 0.5) is 0 Å². The Morgan fingerprint density at radius 3 is 2.58 bits per heavy atom. The number of hydrogen-bond donors (Lipinski definition) is 1. The van der Waals surface area contributed by atoms with Gasteiger partial charge >= 0.3 is 0 Å². The molecule has 1 aromatic carbocycles. The summed E-state index contributed by atoms with van der Waals surface area (Å²) in [5.74, 6) is 0.399. The summed E-state index contributed by atoms with van der Waals surface area (Å²) in [4.78, 5) is 31.1. The Morgan fingerprint density at radius 1 is 1.15 bits per heavy atom. The van der Waals surface area contributed by atoms with E-state index in [0.717, 1.165) is 37.1 Å². The van der Waals surface area contributed by atoms with Gasteiger partial charge in [0.2, 0.25) is 0 Å². The number of nitrogens with zero attached hydrogens (tertiary/aromatic N) is 2. The molecule has 0 bridgehead atoms. The molecule has 2 aromatic rings. The van der Waals surface area contributed by atoms with Crippen LogP contribution in [0.2, 0.25) is 0 Å². The molecule has 0 radical (unpaired) electrons. The molecule has 136 valence electrons. The monoisotopic (exact) mass is 351 g/mol. The molecule has 26 heavy (non-hydrogen) atoms. The first-order valence-electron chi connectivity index (χ1n) is 9.11. The Hall–Kier alpha value is -2.69. The molecule has 5 nitrogen and oxygen atoms in total. The quantitative estimate of drug-likeness (QED) is 0.920. The van der Waals surface area contributed by atoms with Gasteiger partial charge in [0.15, 0.2) is 0 Å². The van der Waals surface area contributed by atoms with E-state index in [1.807, 2.05) is 36.1 Å². The van der Waals surface area contributed by atoms with Gasteiger partial charge in [-0.25, -0.2) is 0 Å². The van der Waals surface area contributed by atoms with Gasteiger partial charge < -0.3 is 10.2 Å². The second-order valence-corrected chi connectivity index (χ2v) is 7.05. The minimum absolute atomic E-state index is 0.0436. The smallest absolute Gasteiger partial charge is 0.255 e. The summed E-state index contributed by atoms with van der Waals surface area (Å²) in [7, 11) is 0. The van der Waals surface area contributed by atoms with Crippen LogP contribution < -0.4 is 5.32 Å². The number of carbonyl (C=O) groups is 2. The van der Waals surface area contributed by atoms with E-state index in [9.17, 15) is 9.59 Å². The number of nitrogens with one attached hydrogen (secondary N) is 1. The lowest BCUT2D eigenvalue weighted by molar-refractivity contribution is 0.0697. The Kier molecular flexibility index (Phi) is 5.66. The van der Waals surface area contributed by atoms with Gasteiger partial charge in [0.1, 0.15) is 0 Å². The normalized spacial score (nSPS) is 14.9. The molecule has 5 heteroatoms. The Balaban J connectivity index is 1.65. The Bertz CT molecular complexity index is 795. The highest BCUT2D eigenvalue weighted by Gasteiger charge is 2.22. The van der Waals surface area contributed by atoms with Crippen molar-refractivity contribution in [3.05, 3.63) is 65.0 Å². The van der Waals surface area contributed by atoms with Crippen molar-refractivity contribution in [1.82, 2.24) is 15.2 Å². The van der Waals surface area contributed by atoms with Crippen molar-refractivity contribution >= 4 is 11.8 Å². The molecule has 1 aromatic heterocycles. The van der Waals surface area contributed by atoms with Crippen molar-refractivity contribution in [2.45, 2.75) is 33.2 Å². The molecular formula is C21H25N3O2. The van der Waals surface area contributed by atoms with Crippen molar-refractivity contribution in [1.29, 1.82) is 0 Å². The van der Waals surface area contributed by atoms with Gasteiger partial charge in [-0.2, -0.15) is 0 Å². The Labute approximate surface area is 154 Å². The van der Waals surface area contributed by atoms with Crippen molar-refractivity contribution < 1.29 is 9.59 Å². The summed E-state index contributed by atoms with van der Waals surface area (Å²) in [5.41, 5.74) is 3.09. The van der Waals surface area contributed by atoms with E-state index in [0.29, 0.717) is 23.6 Å². The number of carbonyl (C=O) groups excluding carboxylic acids is 2. The molecule has 0 spiro atoms. The number of piperidine rings is 1. The molecule has 1 N–H and O–H groups in total. The molecule has 1 saturated heterocycles. The summed E-state index contributed by atoms with van der Waals surface area (Å²) < 4.78 is 0. The number of amides is 2. The van der Waals surface area contributed by atoms with Crippen LogP contribution in [0.15, 0.2) is 42.7 Å². The summed E-state index contributed by atoms with van der Waals surface area (Å²) in [6, 6.07) is 9.57. The average Bonchev–Trinajstić information content (AvgIpc) is 2.67. The fraction of sp³-hybridized carbons (Fsp3) is 0.381. The zero-order valence-electron chi connectivity index (χ0n) is 15.4. The highest BCUT2D eigenvalue weighted by atomic mass is 16.2. The zero-order valence-corrected chi connectivity index (χ0v) is 15.4. The number of hydrogen-bond acceptors (Lipinski definition) is 3. The highest BCUT2D eigenvalue weighted by Crippen LogP contribution is 2.18.